The molecule has 0 radical (unpaired) electrons. The minimum atomic E-state index is -0.291. The maximum atomic E-state index is 13.0. The first-order chi connectivity index (χ1) is 12.1. The van der Waals surface area contributed by atoms with Gasteiger partial charge in [0.15, 0.2) is 5.82 Å². The van der Waals surface area contributed by atoms with E-state index in [1.807, 2.05) is 0 Å². The van der Waals surface area contributed by atoms with Gasteiger partial charge in [-0.25, -0.2) is 0 Å². The van der Waals surface area contributed by atoms with Crippen LogP contribution < -0.4 is 5.56 Å². The number of amides is 1. The van der Waals surface area contributed by atoms with Gasteiger partial charge in [-0.2, -0.15) is 4.98 Å². The highest BCUT2D eigenvalue weighted by molar-refractivity contribution is 5.94. The minimum Gasteiger partial charge on any atom is -0.340 e. The van der Waals surface area contributed by atoms with Crippen LogP contribution in [0.15, 0.2) is 15.4 Å². The minimum absolute atomic E-state index is 0.219. The van der Waals surface area contributed by atoms with Gasteiger partial charge in [0.2, 0.25) is 5.89 Å². The van der Waals surface area contributed by atoms with E-state index in [-0.39, 0.29) is 23.1 Å². The summed E-state index contributed by atoms with van der Waals surface area (Å²) in [4.78, 5) is 34.5. The van der Waals surface area contributed by atoms with Gasteiger partial charge in [0, 0.05) is 19.2 Å². The number of rotatable bonds is 2. The van der Waals surface area contributed by atoms with Crippen LogP contribution in [0.5, 0.6) is 0 Å². The number of carbonyl (C=O) groups excluding carboxylic acids is 1. The van der Waals surface area contributed by atoms with Gasteiger partial charge in [-0.15, -0.1) is 0 Å². The van der Waals surface area contributed by atoms with Gasteiger partial charge in [0.1, 0.15) is 5.56 Å². The van der Waals surface area contributed by atoms with E-state index in [2.05, 4.69) is 15.1 Å². The monoisotopic (exact) mass is 342 g/mol. The molecule has 1 saturated heterocycles. The van der Waals surface area contributed by atoms with Crippen molar-refractivity contribution in [2.45, 2.75) is 57.9 Å². The maximum Gasteiger partial charge on any atom is 0.261 e. The molecule has 1 N–H and O–H groups in total. The fourth-order valence-electron chi connectivity index (χ4n) is 3.89. The molecule has 1 atom stereocenters. The van der Waals surface area contributed by atoms with Crippen molar-refractivity contribution in [2.24, 2.45) is 0 Å². The Morgan fingerprint density at radius 2 is 2.12 bits per heavy atom. The number of carbonyl (C=O) groups is 1. The Morgan fingerprint density at radius 3 is 2.92 bits per heavy atom. The zero-order chi connectivity index (χ0) is 17.4. The van der Waals surface area contributed by atoms with Crippen LogP contribution in [0.4, 0.5) is 0 Å². The lowest BCUT2D eigenvalue weighted by molar-refractivity contribution is 0.0726. The second-order valence-electron chi connectivity index (χ2n) is 6.90. The van der Waals surface area contributed by atoms with Gasteiger partial charge >= 0.3 is 0 Å². The maximum absolute atomic E-state index is 13.0. The van der Waals surface area contributed by atoms with Crippen molar-refractivity contribution < 1.29 is 9.32 Å². The standard InChI is InChI=1S/C18H22N4O3/c1-11-19-16(21-25-11)15-8-5-9-22(15)18(24)13-10-12-6-3-2-4-7-14(12)20-17(13)23/h10,15H,2-9H2,1H3,(H,20,23)/t15-/m0/s1. The van der Waals surface area contributed by atoms with Gasteiger partial charge in [-0.3, -0.25) is 9.59 Å². The van der Waals surface area contributed by atoms with Crippen LogP contribution in [0, 0.1) is 6.92 Å². The number of nitrogens with zero attached hydrogens (tertiary/aromatic N) is 3. The third-order valence-electron chi connectivity index (χ3n) is 5.17. The molecule has 7 heteroatoms. The average Bonchev–Trinajstić information content (AvgIpc) is 3.18. The molecule has 0 bridgehead atoms. The molecule has 0 spiro atoms. The van der Waals surface area contributed by atoms with Crippen molar-refractivity contribution in [1.82, 2.24) is 20.0 Å². The van der Waals surface area contributed by atoms with E-state index in [1.165, 1.54) is 0 Å². The molecular formula is C18H22N4O3. The Hall–Kier alpha value is -2.44. The van der Waals surface area contributed by atoms with E-state index in [0.717, 1.165) is 56.2 Å². The predicted octanol–water partition coefficient (Wildman–Crippen LogP) is 2.31. The van der Waals surface area contributed by atoms with Crippen LogP contribution in [0.1, 0.15) is 71.5 Å². The summed E-state index contributed by atoms with van der Waals surface area (Å²) in [7, 11) is 0. The quantitative estimate of drug-likeness (QED) is 0.846. The van der Waals surface area contributed by atoms with Crippen molar-refractivity contribution in [2.75, 3.05) is 6.54 Å². The first kappa shape index (κ1) is 16.1. The summed E-state index contributed by atoms with van der Waals surface area (Å²) >= 11 is 0. The van der Waals surface area contributed by atoms with Crippen LogP contribution in [-0.2, 0) is 12.8 Å². The molecule has 25 heavy (non-hydrogen) atoms. The van der Waals surface area contributed by atoms with Crippen LogP contribution in [0.2, 0.25) is 0 Å². The van der Waals surface area contributed by atoms with Gasteiger partial charge in [0.25, 0.3) is 11.5 Å². The topological polar surface area (TPSA) is 92.1 Å². The number of hydrogen-bond donors (Lipinski definition) is 1. The van der Waals surface area contributed by atoms with Crippen molar-refractivity contribution in [3.8, 4) is 0 Å². The van der Waals surface area contributed by atoms with Crippen molar-refractivity contribution >= 4 is 5.91 Å². The Labute approximate surface area is 145 Å². The van der Waals surface area contributed by atoms with Crippen LogP contribution in [0.25, 0.3) is 0 Å². The molecule has 2 aliphatic rings. The van der Waals surface area contributed by atoms with Crippen molar-refractivity contribution in [3.63, 3.8) is 0 Å². The summed E-state index contributed by atoms with van der Waals surface area (Å²) in [6.45, 7) is 2.34. The molecule has 4 rings (SSSR count). The molecule has 2 aromatic rings. The van der Waals surface area contributed by atoms with E-state index in [0.29, 0.717) is 18.3 Å². The van der Waals surface area contributed by atoms with Crippen LogP contribution >= 0.6 is 0 Å². The van der Waals surface area contributed by atoms with E-state index in [4.69, 9.17) is 4.52 Å². The predicted molar refractivity (Wildman–Crippen MR) is 90.4 cm³/mol. The SMILES string of the molecule is Cc1nc([C@@H]2CCCN2C(=O)c2cc3c([nH]c2=O)CCCCC3)no1. The third-order valence-corrected chi connectivity index (χ3v) is 5.17. The smallest absolute Gasteiger partial charge is 0.261 e. The van der Waals surface area contributed by atoms with E-state index in [1.54, 1.807) is 17.9 Å². The Morgan fingerprint density at radius 1 is 1.28 bits per heavy atom. The summed E-state index contributed by atoms with van der Waals surface area (Å²) < 4.78 is 5.06. The molecule has 7 nitrogen and oxygen atoms in total. The van der Waals surface area contributed by atoms with E-state index in [9.17, 15) is 9.59 Å². The molecule has 0 aromatic carbocycles. The van der Waals surface area contributed by atoms with Gasteiger partial charge in [-0.05, 0) is 50.2 Å². The second-order valence-corrected chi connectivity index (χ2v) is 6.90. The number of nitrogens with one attached hydrogen (secondary N) is 1. The summed E-state index contributed by atoms with van der Waals surface area (Å²) in [6, 6.07) is 1.58. The molecule has 1 amide bonds. The zero-order valence-corrected chi connectivity index (χ0v) is 14.4. The summed E-state index contributed by atoms with van der Waals surface area (Å²) in [5.41, 5.74) is 2.03. The summed E-state index contributed by atoms with van der Waals surface area (Å²) in [6.07, 6.45) is 6.79. The number of fused-ring (bicyclic) bond motifs is 1. The molecule has 2 aromatic heterocycles. The first-order valence-electron chi connectivity index (χ1n) is 9.00. The normalized spacial score (nSPS) is 20.4. The summed E-state index contributed by atoms with van der Waals surface area (Å²) in [5.74, 6) is 0.768. The van der Waals surface area contributed by atoms with Crippen molar-refractivity contribution in [1.29, 1.82) is 0 Å². The molecule has 132 valence electrons. The lowest BCUT2D eigenvalue weighted by atomic mass is 10.1. The van der Waals surface area contributed by atoms with Gasteiger partial charge < -0.3 is 14.4 Å². The van der Waals surface area contributed by atoms with Crippen molar-refractivity contribution in [3.05, 3.63) is 45.0 Å². The number of pyridine rings is 1. The fraction of sp³-hybridized carbons (Fsp3) is 0.556. The van der Waals surface area contributed by atoms with Gasteiger partial charge in [-0.1, -0.05) is 11.6 Å². The first-order valence-corrected chi connectivity index (χ1v) is 9.00. The summed E-state index contributed by atoms with van der Waals surface area (Å²) in [5, 5.41) is 3.96. The largest absolute Gasteiger partial charge is 0.340 e. The highest BCUT2D eigenvalue weighted by Gasteiger charge is 2.35. The van der Waals surface area contributed by atoms with Gasteiger partial charge in [0.05, 0.1) is 6.04 Å². The lowest BCUT2D eigenvalue weighted by Crippen LogP contribution is -2.35. The second kappa shape index (κ2) is 6.46. The third kappa shape index (κ3) is 2.99. The van der Waals surface area contributed by atoms with Crippen LogP contribution in [-0.4, -0.2) is 32.5 Å². The molecular weight excluding hydrogens is 320 g/mol. The Kier molecular flexibility index (Phi) is 4.15. The number of aromatic amines is 1. The lowest BCUT2D eigenvalue weighted by Gasteiger charge is -2.22. The average molecular weight is 342 g/mol. The number of aryl methyl sites for hydroxylation is 3. The number of aromatic nitrogens is 3. The molecule has 0 saturated carbocycles. The van der Waals surface area contributed by atoms with Crippen LogP contribution in [0.3, 0.4) is 0 Å². The molecule has 0 unspecified atom stereocenters. The fourth-order valence-corrected chi connectivity index (χ4v) is 3.89. The molecule has 1 fully saturated rings. The number of likely N-dealkylation sites (tertiary alicyclic amines) is 1. The molecule has 3 heterocycles. The zero-order valence-electron chi connectivity index (χ0n) is 14.4. The van der Waals surface area contributed by atoms with E-state index >= 15 is 0 Å². The number of H-pyrrole nitrogens is 1. The molecule has 1 aliphatic carbocycles. The highest BCUT2D eigenvalue weighted by atomic mass is 16.5. The molecule has 1 aliphatic heterocycles. The van der Waals surface area contributed by atoms with E-state index < -0.39 is 0 Å². The Bertz CT molecular complexity index is 854. The highest BCUT2D eigenvalue weighted by Crippen LogP contribution is 2.31. The number of hydrogen-bond acceptors (Lipinski definition) is 5. The Balaban J connectivity index is 1.66.